The van der Waals surface area contributed by atoms with Crippen molar-refractivity contribution in [2.24, 2.45) is 0 Å². The second kappa shape index (κ2) is 5.44. The molecular formula is C14H7Cl3F2N2. The molecular weight excluding hydrogens is 341 g/mol. The zero-order valence-corrected chi connectivity index (χ0v) is 12.6. The van der Waals surface area contributed by atoms with E-state index in [4.69, 9.17) is 34.8 Å². The second-order valence-electron chi connectivity index (χ2n) is 4.35. The van der Waals surface area contributed by atoms with E-state index in [-0.39, 0.29) is 5.88 Å². The van der Waals surface area contributed by atoms with E-state index in [0.29, 0.717) is 32.6 Å². The maximum Gasteiger partial charge on any atom is 0.160 e. The minimum Gasteiger partial charge on any atom is -0.295 e. The van der Waals surface area contributed by atoms with E-state index in [0.717, 1.165) is 12.1 Å². The first-order valence-corrected chi connectivity index (χ1v) is 7.18. The summed E-state index contributed by atoms with van der Waals surface area (Å²) in [5.41, 5.74) is 1.60. The molecule has 0 aliphatic heterocycles. The van der Waals surface area contributed by atoms with E-state index >= 15 is 0 Å². The van der Waals surface area contributed by atoms with Crippen LogP contribution in [0.5, 0.6) is 0 Å². The Bertz CT molecular complexity index is 846. The summed E-state index contributed by atoms with van der Waals surface area (Å²) in [5.74, 6) is -1.29. The highest BCUT2D eigenvalue weighted by Gasteiger charge is 2.15. The van der Waals surface area contributed by atoms with Gasteiger partial charge in [-0.15, -0.1) is 11.6 Å². The summed E-state index contributed by atoms with van der Waals surface area (Å²) in [6, 6.07) is 6.79. The lowest BCUT2D eigenvalue weighted by Crippen LogP contribution is -2.00. The fourth-order valence-corrected chi connectivity index (χ4v) is 2.62. The summed E-state index contributed by atoms with van der Waals surface area (Å²) in [6.45, 7) is 0. The molecule has 0 atom stereocenters. The summed E-state index contributed by atoms with van der Waals surface area (Å²) >= 11 is 17.9. The average molecular weight is 348 g/mol. The van der Waals surface area contributed by atoms with E-state index < -0.39 is 11.6 Å². The van der Waals surface area contributed by atoms with Crippen LogP contribution < -0.4 is 0 Å². The Kier molecular flexibility index (Phi) is 3.78. The van der Waals surface area contributed by atoms with Crippen LogP contribution in [0, 0.1) is 11.6 Å². The molecule has 1 heterocycles. The highest BCUT2D eigenvalue weighted by atomic mass is 35.5. The molecule has 2 nitrogen and oxygen atoms in total. The number of halogens is 5. The zero-order valence-electron chi connectivity index (χ0n) is 10.4. The molecule has 0 saturated heterocycles. The molecule has 0 aliphatic carbocycles. The van der Waals surface area contributed by atoms with Gasteiger partial charge in [-0.25, -0.2) is 13.8 Å². The largest absolute Gasteiger partial charge is 0.295 e. The van der Waals surface area contributed by atoms with Crippen LogP contribution in [0.2, 0.25) is 10.0 Å². The minimum absolute atomic E-state index is 0.100. The number of benzene rings is 2. The molecule has 2 aromatic carbocycles. The monoisotopic (exact) mass is 346 g/mol. The first-order chi connectivity index (χ1) is 10.0. The molecule has 108 valence electrons. The summed E-state index contributed by atoms with van der Waals surface area (Å²) < 4.78 is 28.2. The molecule has 0 N–H and O–H groups in total. The first kappa shape index (κ1) is 14.6. The van der Waals surface area contributed by atoms with Crippen LogP contribution in [0.1, 0.15) is 5.82 Å². The van der Waals surface area contributed by atoms with E-state index in [1.54, 1.807) is 16.7 Å². The van der Waals surface area contributed by atoms with Crippen molar-refractivity contribution in [3.05, 3.63) is 57.8 Å². The van der Waals surface area contributed by atoms with Gasteiger partial charge >= 0.3 is 0 Å². The molecule has 0 aliphatic rings. The standard InChI is InChI=1S/C14H7Cl3F2N2/c15-6-14-20-12-4-8(16)9(17)5-13(12)21(14)7-1-2-10(18)11(19)3-7/h1-5H,6H2. The number of alkyl halides is 1. The normalized spacial score (nSPS) is 11.3. The lowest BCUT2D eigenvalue weighted by atomic mass is 10.2. The summed E-state index contributed by atoms with van der Waals surface area (Å²) in [7, 11) is 0. The van der Waals surface area contributed by atoms with Gasteiger partial charge in [-0.1, -0.05) is 23.2 Å². The van der Waals surface area contributed by atoms with Gasteiger partial charge in [0.25, 0.3) is 0 Å². The number of hydrogen-bond donors (Lipinski definition) is 0. The van der Waals surface area contributed by atoms with E-state index in [9.17, 15) is 8.78 Å². The van der Waals surface area contributed by atoms with E-state index in [1.807, 2.05) is 0 Å². The SMILES string of the molecule is Fc1ccc(-n2c(CCl)nc3cc(Cl)c(Cl)cc32)cc1F. The Morgan fingerprint density at radius 2 is 1.71 bits per heavy atom. The number of nitrogens with zero attached hydrogens (tertiary/aromatic N) is 2. The molecule has 1 aromatic heterocycles. The van der Waals surface area contributed by atoms with Crippen molar-refractivity contribution in [2.75, 3.05) is 0 Å². The van der Waals surface area contributed by atoms with Crippen LogP contribution in [0.15, 0.2) is 30.3 Å². The van der Waals surface area contributed by atoms with Crippen LogP contribution in [-0.4, -0.2) is 9.55 Å². The van der Waals surface area contributed by atoms with Crippen LogP contribution in [0.3, 0.4) is 0 Å². The van der Waals surface area contributed by atoms with Crippen molar-refractivity contribution in [1.29, 1.82) is 0 Å². The smallest absolute Gasteiger partial charge is 0.160 e. The van der Waals surface area contributed by atoms with E-state index in [2.05, 4.69) is 4.98 Å². The molecule has 0 saturated carbocycles. The Balaban J connectivity index is 2.34. The van der Waals surface area contributed by atoms with Gasteiger partial charge in [0.05, 0.1) is 32.6 Å². The lowest BCUT2D eigenvalue weighted by Gasteiger charge is -2.08. The maximum absolute atomic E-state index is 13.5. The van der Waals surface area contributed by atoms with Crippen molar-refractivity contribution in [1.82, 2.24) is 9.55 Å². The predicted molar refractivity (Wildman–Crippen MR) is 80.6 cm³/mol. The third-order valence-corrected chi connectivity index (χ3v) is 4.01. The third-order valence-electron chi connectivity index (χ3n) is 3.05. The Labute approximate surface area is 133 Å². The number of fused-ring (bicyclic) bond motifs is 1. The van der Waals surface area contributed by atoms with Crippen molar-refractivity contribution in [3.63, 3.8) is 0 Å². The van der Waals surface area contributed by atoms with E-state index in [1.165, 1.54) is 6.07 Å². The molecule has 7 heteroatoms. The highest BCUT2D eigenvalue weighted by Crippen LogP contribution is 2.31. The lowest BCUT2D eigenvalue weighted by molar-refractivity contribution is 0.508. The summed E-state index contributed by atoms with van der Waals surface area (Å²) in [5, 5.41) is 0.703. The molecule has 0 spiro atoms. The molecule has 0 amide bonds. The van der Waals surface area contributed by atoms with Crippen molar-refractivity contribution < 1.29 is 8.78 Å². The van der Waals surface area contributed by atoms with Crippen LogP contribution >= 0.6 is 34.8 Å². The van der Waals surface area contributed by atoms with Crippen LogP contribution in [0.4, 0.5) is 8.78 Å². The third kappa shape index (κ3) is 2.48. The number of rotatable bonds is 2. The van der Waals surface area contributed by atoms with Gasteiger partial charge < -0.3 is 0 Å². The summed E-state index contributed by atoms with van der Waals surface area (Å²) in [6.07, 6.45) is 0. The van der Waals surface area contributed by atoms with Gasteiger partial charge in [-0.2, -0.15) is 0 Å². The van der Waals surface area contributed by atoms with Crippen molar-refractivity contribution in [2.45, 2.75) is 5.88 Å². The van der Waals surface area contributed by atoms with Crippen LogP contribution in [-0.2, 0) is 5.88 Å². The highest BCUT2D eigenvalue weighted by molar-refractivity contribution is 6.42. The maximum atomic E-state index is 13.5. The number of aromatic nitrogens is 2. The molecule has 0 radical (unpaired) electrons. The Morgan fingerprint density at radius 1 is 1.00 bits per heavy atom. The van der Waals surface area contributed by atoms with Gasteiger partial charge in [0.15, 0.2) is 11.6 Å². The van der Waals surface area contributed by atoms with Crippen molar-refractivity contribution >= 4 is 45.8 Å². The molecule has 0 unspecified atom stereocenters. The van der Waals surface area contributed by atoms with Crippen LogP contribution in [0.25, 0.3) is 16.7 Å². The summed E-state index contributed by atoms with van der Waals surface area (Å²) in [4.78, 5) is 4.33. The number of hydrogen-bond acceptors (Lipinski definition) is 1. The van der Waals surface area contributed by atoms with Crippen molar-refractivity contribution in [3.8, 4) is 5.69 Å². The Hall–Kier alpha value is -1.36. The molecule has 0 fully saturated rings. The van der Waals surface area contributed by atoms with Gasteiger partial charge in [-0.3, -0.25) is 4.57 Å². The quantitative estimate of drug-likeness (QED) is 0.571. The molecule has 3 aromatic rings. The zero-order chi connectivity index (χ0) is 15.1. The van der Waals surface area contributed by atoms with Gasteiger partial charge in [-0.05, 0) is 24.3 Å². The number of imidazole rings is 1. The fourth-order valence-electron chi connectivity index (χ4n) is 2.12. The first-order valence-electron chi connectivity index (χ1n) is 5.89. The molecule has 3 rings (SSSR count). The molecule has 0 bridgehead atoms. The minimum atomic E-state index is -0.949. The Morgan fingerprint density at radius 3 is 2.38 bits per heavy atom. The predicted octanol–water partition coefficient (Wildman–Crippen LogP) is 5.35. The fraction of sp³-hybridized carbons (Fsp3) is 0.0714. The van der Waals surface area contributed by atoms with Gasteiger partial charge in [0.1, 0.15) is 5.82 Å². The van der Waals surface area contributed by atoms with Gasteiger partial charge in [0, 0.05) is 6.07 Å². The average Bonchev–Trinajstić information content (AvgIpc) is 2.80. The molecule has 21 heavy (non-hydrogen) atoms. The topological polar surface area (TPSA) is 17.8 Å². The second-order valence-corrected chi connectivity index (χ2v) is 5.43. The van der Waals surface area contributed by atoms with Gasteiger partial charge in [0.2, 0.25) is 0 Å².